The molecule has 5 rings (SSSR count). The number of aromatic nitrogens is 2. The number of halogens is 1. The van der Waals surface area contributed by atoms with Gasteiger partial charge in [0.05, 0.1) is 53.0 Å². The maximum absolute atomic E-state index is 13.8. The van der Waals surface area contributed by atoms with Crippen LogP contribution >= 0.6 is 15.9 Å². The number of ether oxygens (including phenoxy) is 2. The average Bonchev–Trinajstić information content (AvgIpc) is 3.49. The van der Waals surface area contributed by atoms with Gasteiger partial charge in [0, 0.05) is 54.4 Å². The summed E-state index contributed by atoms with van der Waals surface area (Å²) in [5.41, 5.74) is 9.96. The lowest BCUT2D eigenvalue weighted by molar-refractivity contribution is 0.0152. The zero-order valence-corrected chi connectivity index (χ0v) is 23.2. The highest BCUT2D eigenvalue weighted by atomic mass is 79.9. The third kappa shape index (κ3) is 5.21. The number of hydrogen-bond acceptors (Lipinski definition) is 7. The van der Waals surface area contributed by atoms with Gasteiger partial charge in [0.2, 0.25) is 0 Å². The van der Waals surface area contributed by atoms with E-state index in [-0.39, 0.29) is 36.0 Å². The molecule has 3 aromatic rings. The second-order valence-electron chi connectivity index (χ2n) is 10.0. The smallest absolute Gasteiger partial charge is 0.256 e. The van der Waals surface area contributed by atoms with Crippen molar-refractivity contribution in [2.75, 3.05) is 31.2 Å². The zero-order chi connectivity index (χ0) is 27.0. The van der Waals surface area contributed by atoms with Crippen molar-refractivity contribution in [2.24, 2.45) is 0 Å². The molecule has 1 saturated heterocycles. The standard InChI is InChI=1S/C28H32BrN5O4/c1-15-4-5-17(8-16(2)38-15)27(35)20-9-18(29)10-22(30)26(20)33-24-13-34(14-25(24)37-3)28(36)21-11-31-12-23-19(21)6-7-32-23/h5-7,9-12,15-16,24-25,32-33H,4,8,13-14,30H2,1-3H3/t15?,16-,24+,25+/m1/s1. The molecule has 4 N–H and O–H groups in total. The van der Waals surface area contributed by atoms with E-state index in [0.717, 1.165) is 15.4 Å². The Kier molecular flexibility index (Phi) is 7.56. The molecular weight excluding hydrogens is 550 g/mol. The number of carbonyl (C=O) groups is 2. The van der Waals surface area contributed by atoms with Crippen LogP contribution in [0.4, 0.5) is 11.4 Å². The molecule has 0 saturated carbocycles. The van der Waals surface area contributed by atoms with Crippen LogP contribution < -0.4 is 11.1 Å². The number of aromatic amines is 1. The van der Waals surface area contributed by atoms with E-state index in [4.69, 9.17) is 15.2 Å². The number of amides is 1. The van der Waals surface area contributed by atoms with Gasteiger partial charge in [-0.05, 0) is 44.0 Å². The van der Waals surface area contributed by atoms with E-state index in [0.29, 0.717) is 54.0 Å². The molecule has 2 aliphatic heterocycles. The summed E-state index contributed by atoms with van der Waals surface area (Å²) in [6, 6.07) is 5.16. The number of fused-ring (bicyclic) bond motifs is 1. The second-order valence-corrected chi connectivity index (χ2v) is 10.9. The van der Waals surface area contributed by atoms with Crippen molar-refractivity contribution >= 4 is 49.9 Å². The number of carbonyl (C=O) groups excluding carboxylic acids is 2. The highest BCUT2D eigenvalue weighted by molar-refractivity contribution is 9.10. The number of ketones is 1. The quantitative estimate of drug-likeness (QED) is 0.288. The first kappa shape index (κ1) is 26.4. The van der Waals surface area contributed by atoms with E-state index in [1.165, 1.54) is 0 Å². The number of pyridine rings is 1. The summed E-state index contributed by atoms with van der Waals surface area (Å²) < 4.78 is 12.4. The molecule has 4 atom stereocenters. The molecule has 2 aromatic heterocycles. The predicted octanol–water partition coefficient (Wildman–Crippen LogP) is 4.56. The number of nitrogens with one attached hydrogen (secondary N) is 2. The van der Waals surface area contributed by atoms with Gasteiger partial charge >= 0.3 is 0 Å². The number of H-pyrrole nitrogens is 1. The molecule has 1 unspecified atom stereocenters. The van der Waals surface area contributed by atoms with Crippen LogP contribution in [0, 0.1) is 0 Å². The number of hydrogen-bond donors (Lipinski definition) is 3. The third-order valence-electron chi connectivity index (χ3n) is 7.23. The average molecular weight is 582 g/mol. The van der Waals surface area contributed by atoms with Crippen molar-refractivity contribution in [3.05, 3.63) is 64.0 Å². The number of Topliss-reactive ketones (excluding diaryl/α,β-unsaturated/α-hetero) is 1. The monoisotopic (exact) mass is 581 g/mol. The van der Waals surface area contributed by atoms with Crippen molar-refractivity contribution < 1.29 is 19.1 Å². The van der Waals surface area contributed by atoms with Crippen molar-refractivity contribution in [2.45, 2.75) is 51.0 Å². The molecule has 0 radical (unpaired) electrons. The maximum Gasteiger partial charge on any atom is 0.256 e. The molecule has 200 valence electrons. The van der Waals surface area contributed by atoms with Crippen LogP contribution in [0.3, 0.4) is 0 Å². The summed E-state index contributed by atoms with van der Waals surface area (Å²) >= 11 is 3.50. The molecule has 38 heavy (non-hydrogen) atoms. The van der Waals surface area contributed by atoms with E-state index in [9.17, 15) is 9.59 Å². The van der Waals surface area contributed by atoms with E-state index < -0.39 is 0 Å². The molecule has 0 bridgehead atoms. The summed E-state index contributed by atoms with van der Waals surface area (Å²) in [6.45, 7) is 4.76. The lowest BCUT2D eigenvalue weighted by Gasteiger charge is -2.23. The van der Waals surface area contributed by atoms with Gasteiger partial charge in [0.25, 0.3) is 5.91 Å². The number of likely N-dealkylation sites (tertiary alicyclic amines) is 1. The molecule has 1 amide bonds. The third-order valence-corrected chi connectivity index (χ3v) is 7.69. The molecule has 0 spiro atoms. The highest BCUT2D eigenvalue weighted by Gasteiger charge is 2.37. The summed E-state index contributed by atoms with van der Waals surface area (Å²) in [7, 11) is 1.62. The minimum Gasteiger partial charge on any atom is -0.397 e. The lowest BCUT2D eigenvalue weighted by atomic mass is 9.95. The number of rotatable bonds is 6. The Balaban J connectivity index is 1.42. The van der Waals surface area contributed by atoms with Gasteiger partial charge in [-0.1, -0.05) is 22.0 Å². The van der Waals surface area contributed by atoms with Gasteiger partial charge in [-0.2, -0.15) is 0 Å². The highest BCUT2D eigenvalue weighted by Crippen LogP contribution is 2.34. The number of nitrogens with two attached hydrogens (primary N) is 1. The Morgan fingerprint density at radius 1 is 1.21 bits per heavy atom. The molecule has 10 heteroatoms. The molecule has 1 aromatic carbocycles. The fourth-order valence-corrected chi connectivity index (χ4v) is 5.83. The van der Waals surface area contributed by atoms with Crippen LogP contribution in [0.2, 0.25) is 0 Å². The van der Waals surface area contributed by atoms with Gasteiger partial charge in [0.15, 0.2) is 5.78 Å². The first-order chi connectivity index (χ1) is 18.2. The van der Waals surface area contributed by atoms with Crippen LogP contribution in [0.25, 0.3) is 10.9 Å². The Morgan fingerprint density at radius 3 is 2.82 bits per heavy atom. The SMILES string of the molecule is CO[C@H]1CN(C(=O)c2cncc3[nH]ccc23)C[C@@H]1Nc1c(N)cc(Br)cc1C(=O)C1=CCC(C)O[C@H](C)C1. The van der Waals surface area contributed by atoms with E-state index >= 15 is 0 Å². The van der Waals surface area contributed by atoms with Crippen LogP contribution in [-0.4, -0.2) is 71.1 Å². The summed E-state index contributed by atoms with van der Waals surface area (Å²) in [5.74, 6) is -0.212. The molecule has 0 aliphatic carbocycles. The van der Waals surface area contributed by atoms with Crippen LogP contribution in [0.1, 0.15) is 47.4 Å². The van der Waals surface area contributed by atoms with Gasteiger partial charge in [0.1, 0.15) is 0 Å². The first-order valence-corrected chi connectivity index (χ1v) is 13.5. The topological polar surface area (TPSA) is 123 Å². The molecule has 9 nitrogen and oxygen atoms in total. The Morgan fingerprint density at radius 2 is 2.03 bits per heavy atom. The number of nitrogen functional groups attached to an aromatic ring is 1. The van der Waals surface area contributed by atoms with Crippen LogP contribution in [-0.2, 0) is 9.47 Å². The van der Waals surface area contributed by atoms with Crippen molar-refractivity contribution in [3.8, 4) is 0 Å². The molecule has 4 heterocycles. The molecule has 1 fully saturated rings. The maximum atomic E-state index is 13.8. The minimum atomic E-state index is -0.297. The minimum absolute atomic E-state index is 0.0530. The van der Waals surface area contributed by atoms with Gasteiger partial charge in [-0.15, -0.1) is 0 Å². The Labute approximate surface area is 229 Å². The Hall–Kier alpha value is -3.21. The van der Waals surface area contributed by atoms with Crippen LogP contribution in [0.5, 0.6) is 0 Å². The lowest BCUT2D eigenvalue weighted by Crippen LogP contribution is -2.35. The van der Waals surface area contributed by atoms with E-state index in [2.05, 4.69) is 31.2 Å². The predicted molar refractivity (Wildman–Crippen MR) is 150 cm³/mol. The summed E-state index contributed by atoms with van der Waals surface area (Å²) in [5, 5.41) is 4.29. The number of anilines is 2. The van der Waals surface area contributed by atoms with E-state index in [1.54, 1.807) is 42.7 Å². The van der Waals surface area contributed by atoms with Crippen LogP contribution in [0.15, 0.2) is 52.9 Å². The number of nitrogens with zero attached hydrogens (tertiary/aromatic N) is 2. The van der Waals surface area contributed by atoms with Gasteiger partial charge in [-0.25, -0.2) is 0 Å². The summed E-state index contributed by atoms with van der Waals surface area (Å²) in [4.78, 5) is 36.3. The normalized spacial score (nSPS) is 23.8. The number of methoxy groups -OCH3 is 1. The van der Waals surface area contributed by atoms with E-state index in [1.807, 2.05) is 26.0 Å². The fraction of sp³-hybridized carbons (Fsp3) is 0.393. The van der Waals surface area contributed by atoms with Gasteiger partial charge in [-0.3, -0.25) is 14.6 Å². The molecular formula is C28H32BrN5O4. The van der Waals surface area contributed by atoms with Crippen molar-refractivity contribution in [3.63, 3.8) is 0 Å². The summed E-state index contributed by atoms with van der Waals surface area (Å²) in [6.07, 6.45) is 7.96. The fourth-order valence-electron chi connectivity index (χ4n) is 5.35. The zero-order valence-electron chi connectivity index (χ0n) is 21.7. The van der Waals surface area contributed by atoms with Crippen molar-refractivity contribution in [1.82, 2.24) is 14.9 Å². The second kappa shape index (κ2) is 10.9. The number of benzene rings is 1. The first-order valence-electron chi connectivity index (χ1n) is 12.7. The Bertz CT molecular complexity index is 1400. The largest absolute Gasteiger partial charge is 0.397 e. The van der Waals surface area contributed by atoms with Crippen molar-refractivity contribution in [1.29, 1.82) is 0 Å². The van der Waals surface area contributed by atoms with Gasteiger partial charge < -0.3 is 30.4 Å². The molecule has 2 aliphatic rings.